The third kappa shape index (κ3) is 12.2. The molecule has 1 aliphatic rings. The molecule has 0 aliphatic carbocycles. The van der Waals surface area contributed by atoms with E-state index in [1.54, 1.807) is 0 Å². The number of unbranched alkanes of at least 4 members (excludes halogenated alkanes) is 8. The molecule has 2 unspecified atom stereocenters. The smallest absolute Gasteiger partial charge is 0.726 e. The second-order valence-electron chi connectivity index (χ2n) is 6.46. The topological polar surface area (TPSA) is 84.9 Å². The Hall–Kier alpha value is 0.790. The van der Waals surface area contributed by atoms with E-state index in [4.69, 9.17) is 9.47 Å². The molecule has 0 amide bonds. The average Bonchev–Trinajstić information content (AvgIpc) is 2.85. The maximum Gasteiger partial charge on any atom is 1.00 e. The van der Waals surface area contributed by atoms with Gasteiger partial charge in [0.05, 0.1) is 13.2 Å². The van der Waals surface area contributed by atoms with Gasteiger partial charge in [-0.05, 0) is 13.3 Å². The molecule has 0 saturated carbocycles. The Labute approximate surface area is 169 Å². The Morgan fingerprint density at radius 1 is 1.08 bits per heavy atom. The summed E-state index contributed by atoms with van der Waals surface area (Å²) in [5.74, 6) is -0.693. The predicted octanol–water partition coefficient (Wildman–Crippen LogP) is 0.520. The molecular formula is C16H31NaO6S. The number of rotatable bonds is 13. The van der Waals surface area contributed by atoms with Gasteiger partial charge in [0, 0.05) is 6.42 Å². The normalized spacial score (nSPS) is 24.0. The minimum atomic E-state index is -4.67. The third-order valence-electron chi connectivity index (χ3n) is 4.12. The van der Waals surface area contributed by atoms with Crippen molar-refractivity contribution in [3.8, 4) is 0 Å². The minimum Gasteiger partial charge on any atom is -0.726 e. The maximum absolute atomic E-state index is 10.4. The Morgan fingerprint density at radius 2 is 1.62 bits per heavy atom. The van der Waals surface area contributed by atoms with Gasteiger partial charge in [-0.15, -0.1) is 0 Å². The molecule has 1 saturated heterocycles. The standard InChI is InChI=1S/C16H32O6S.Na/c1-3-4-5-6-7-8-9-10-11-12-16(2)20-13-15(22-16)14-21-23(17,18)19;/h15H,3-14H2,1-2H3,(H,17,18,19);/q;+1/p-1. The average molecular weight is 374 g/mol. The first-order valence-corrected chi connectivity index (χ1v) is 10.1. The fourth-order valence-corrected chi connectivity index (χ4v) is 3.14. The van der Waals surface area contributed by atoms with Crippen molar-refractivity contribution in [1.29, 1.82) is 0 Å². The summed E-state index contributed by atoms with van der Waals surface area (Å²) in [6.45, 7) is 4.05. The van der Waals surface area contributed by atoms with Crippen molar-refractivity contribution in [2.75, 3.05) is 13.2 Å². The second kappa shape index (κ2) is 13.0. The van der Waals surface area contributed by atoms with Crippen molar-refractivity contribution in [3.63, 3.8) is 0 Å². The van der Waals surface area contributed by atoms with E-state index in [9.17, 15) is 13.0 Å². The van der Waals surface area contributed by atoms with Gasteiger partial charge in [-0.2, -0.15) is 0 Å². The molecule has 2 atom stereocenters. The fraction of sp³-hybridized carbons (Fsp3) is 1.00. The molecular weight excluding hydrogens is 343 g/mol. The molecule has 1 fully saturated rings. The van der Waals surface area contributed by atoms with Crippen LogP contribution in [0.1, 0.15) is 78.1 Å². The fourth-order valence-electron chi connectivity index (χ4n) is 2.82. The summed E-state index contributed by atoms with van der Waals surface area (Å²) in [6.07, 6.45) is 11.5. The summed E-state index contributed by atoms with van der Waals surface area (Å²) in [4.78, 5) is 0. The largest absolute Gasteiger partial charge is 1.00 e. The van der Waals surface area contributed by atoms with Crippen molar-refractivity contribution in [1.82, 2.24) is 0 Å². The van der Waals surface area contributed by atoms with Gasteiger partial charge in [0.2, 0.25) is 10.4 Å². The van der Waals surface area contributed by atoms with Crippen LogP contribution in [0, 0.1) is 0 Å². The van der Waals surface area contributed by atoms with E-state index in [0.717, 1.165) is 19.3 Å². The van der Waals surface area contributed by atoms with Gasteiger partial charge in [0.15, 0.2) is 5.79 Å². The SMILES string of the molecule is CCCCCCCCCCCC1(C)OCC(COS(=O)(=O)[O-])O1.[Na+]. The van der Waals surface area contributed by atoms with E-state index in [1.807, 2.05) is 6.92 Å². The summed E-state index contributed by atoms with van der Waals surface area (Å²) < 4.78 is 46.8. The zero-order chi connectivity index (χ0) is 17.2. The Morgan fingerprint density at radius 3 is 2.17 bits per heavy atom. The van der Waals surface area contributed by atoms with Crippen molar-refractivity contribution >= 4 is 10.4 Å². The van der Waals surface area contributed by atoms with Crippen LogP contribution in [-0.2, 0) is 24.1 Å². The summed E-state index contributed by atoms with van der Waals surface area (Å²) in [5.41, 5.74) is 0. The van der Waals surface area contributed by atoms with Gasteiger partial charge in [0.25, 0.3) is 0 Å². The molecule has 0 spiro atoms. The molecule has 0 aromatic heterocycles. The van der Waals surface area contributed by atoms with Gasteiger partial charge < -0.3 is 14.0 Å². The van der Waals surface area contributed by atoms with Gasteiger partial charge in [0.1, 0.15) is 6.10 Å². The molecule has 1 aliphatic heterocycles. The molecule has 8 heteroatoms. The Kier molecular flexibility index (Phi) is 13.5. The van der Waals surface area contributed by atoms with Crippen LogP contribution in [-0.4, -0.2) is 38.1 Å². The van der Waals surface area contributed by atoms with Gasteiger partial charge in [-0.3, -0.25) is 4.18 Å². The van der Waals surface area contributed by atoms with Crippen LogP contribution in [0.3, 0.4) is 0 Å². The van der Waals surface area contributed by atoms with E-state index < -0.39 is 22.3 Å². The Balaban J connectivity index is 0.00000529. The van der Waals surface area contributed by atoms with Crippen LogP contribution in [0.4, 0.5) is 0 Å². The summed E-state index contributed by atoms with van der Waals surface area (Å²) in [6, 6.07) is 0. The summed E-state index contributed by atoms with van der Waals surface area (Å²) >= 11 is 0. The molecule has 6 nitrogen and oxygen atoms in total. The Bertz CT molecular complexity index is 417. The first-order chi connectivity index (χ1) is 10.8. The quantitative estimate of drug-likeness (QED) is 0.202. The van der Waals surface area contributed by atoms with E-state index in [0.29, 0.717) is 0 Å². The molecule has 138 valence electrons. The van der Waals surface area contributed by atoms with Crippen LogP contribution in [0.2, 0.25) is 0 Å². The van der Waals surface area contributed by atoms with Crippen molar-refractivity contribution in [3.05, 3.63) is 0 Å². The molecule has 0 aromatic rings. The minimum absolute atomic E-state index is 0. The molecule has 1 heterocycles. The van der Waals surface area contributed by atoms with Crippen LogP contribution in [0.25, 0.3) is 0 Å². The molecule has 24 heavy (non-hydrogen) atoms. The first kappa shape index (κ1) is 24.8. The van der Waals surface area contributed by atoms with Crippen molar-refractivity contribution in [2.45, 2.75) is 89.9 Å². The monoisotopic (exact) mass is 374 g/mol. The first-order valence-electron chi connectivity index (χ1n) is 8.77. The number of hydrogen-bond acceptors (Lipinski definition) is 6. The van der Waals surface area contributed by atoms with E-state index >= 15 is 0 Å². The van der Waals surface area contributed by atoms with E-state index in [-0.39, 0.29) is 42.8 Å². The molecule has 1 rings (SSSR count). The summed E-state index contributed by atoms with van der Waals surface area (Å²) in [5, 5.41) is 0. The van der Waals surface area contributed by atoms with E-state index in [2.05, 4.69) is 11.1 Å². The van der Waals surface area contributed by atoms with Crippen LogP contribution < -0.4 is 29.6 Å². The molecule has 0 N–H and O–H groups in total. The van der Waals surface area contributed by atoms with Crippen LogP contribution >= 0.6 is 0 Å². The van der Waals surface area contributed by atoms with Gasteiger partial charge in [-0.25, -0.2) is 8.42 Å². The van der Waals surface area contributed by atoms with Crippen LogP contribution in [0.15, 0.2) is 0 Å². The molecule has 0 aromatic carbocycles. The van der Waals surface area contributed by atoms with Gasteiger partial charge >= 0.3 is 29.6 Å². The van der Waals surface area contributed by atoms with Crippen molar-refractivity contribution in [2.24, 2.45) is 0 Å². The zero-order valence-corrected chi connectivity index (χ0v) is 18.2. The second-order valence-corrected chi connectivity index (χ2v) is 7.51. The predicted molar refractivity (Wildman–Crippen MR) is 86.7 cm³/mol. The van der Waals surface area contributed by atoms with Crippen molar-refractivity contribution < 1.29 is 56.2 Å². The molecule has 0 radical (unpaired) electrons. The van der Waals surface area contributed by atoms with Crippen LogP contribution in [0.5, 0.6) is 0 Å². The number of ether oxygens (including phenoxy) is 2. The zero-order valence-electron chi connectivity index (χ0n) is 15.4. The summed E-state index contributed by atoms with van der Waals surface area (Å²) in [7, 11) is -4.67. The maximum atomic E-state index is 10.4. The van der Waals surface area contributed by atoms with Gasteiger partial charge in [-0.1, -0.05) is 58.3 Å². The third-order valence-corrected chi connectivity index (χ3v) is 4.55. The molecule has 0 bridgehead atoms. The van der Waals surface area contributed by atoms with E-state index in [1.165, 1.54) is 44.9 Å². The number of hydrogen-bond donors (Lipinski definition) is 0.